The standard InChI is InChI=1S/C9H16O4/c1-3-9(13,5-4-6-10)7(2)8(11)12/h10,13H,2-6H2,1H3,(H,11,12). The monoisotopic (exact) mass is 188 g/mol. The number of hydrogen-bond donors (Lipinski definition) is 3. The lowest BCUT2D eigenvalue weighted by molar-refractivity contribution is -0.135. The normalized spacial score (nSPS) is 15.0. The van der Waals surface area contributed by atoms with Crippen molar-refractivity contribution in [1.29, 1.82) is 0 Å². The van der Waals surface area contributed by atoms with Crippen molar-refractivity contribution in [1.82, 2.24) is 0 Å². The number of aliphatic hydroxyl groups excluding tert-OH is 1. The molecule has 0 fully saturated rings. The number of carboxylic acids is 1. The lowest BCUT2D eigenvalue weighted by Gasteiger charge is -2.26. The molecule has 0 aliphatic heterocycles. The van der Waals surface area contributed by atoms with Gasteiger partial charge >= 0.3 is 5.97 Å². The van der Waals surface area contributed by atoms with Crippen LogP contribution in [0.3, 0.4) is 0 Å². The second kappa shape index (κ2) is 4.99. The molecule has 0 radical (unpaired) electrons. The fourth-order valence-corrected chi connectivity index (χ4v) is 1.11. The number of carbonyl (C=O) groups is 1. The van der Waals surface area contributed by atoms with Crippen molar-refractivity contribution in [3.05, 3.63) is 12.2 Å². The van der Waals surface area contributed by atoms with Crippen LogP contribution < -0.4 is 0 Å². The van der Waals surface area contributed by atoms with E-state index in [0.29, 0.717) is 6.42 Å². The van der Waals surface area contributed by atoms with E-state index in [2.05, 4.69) is 6.58 Å². The van der Waals surface area contributed by atoms with Gasteiger partial charge in [-0.15, -0.1) is 0 Å². The molecule has 1 atom stereocenters. The topological polar surface area (TPSA) is 77.8 Å². The second-order valence-electron chi connectivity index (χ2n) is 3.00. The fourth-order valence-electron chi connectivity index (χ4n) is 1.11. The van der Waals surface area contributed by atoms with Crippen LogP contribution in [0.4, 0.5) is 0 Å². The molecular weight excluding hydrogens is 172 g/mol. The fraction of sp³-hybridized carbons (Fsp3) is 0.667. The minimum absolute atomic E-state index is 0.0603. The zero-order valence-electron chi connectivity index (χ0n) is 7.79. The van der Waals surface area contributed by atoms with Gasteiger partial charge in [0.05, 0.1) is 11.2 Å². The van der Waals surface area contributed by atoms with Crippen molar-refractivity contribution in [2.45, 2.75) is 31.8 Å². The van der Waals surface area contributed by atoms with Gasteiger partial charge in [-0.25, -0.2) is 4.79 Å². The predicted octanol–water partition coefficient (Wildman–Crippen LogP) is 0.541. The second-order valence-corrected chi connectivity index (χ2v) is 3.00. The van der Waals surface area contributed by atoms with Crippen molar-refractivity contribution in [2.24, 2.45) is 0 Å². The number of carboxylic acid groups (broad SMARTS) is 1. The third-order valence-electron chi connectivity index (χ3n) is 2.15. The zero-order chi connectivity index (χ0) is 10.5. The van der Waals surface area contributed by atoms with E-state index in [9.17, 15) is 9.90 Å². The van der Waals surface area contributed by atoms with Crippen molar-refractivity contribution < 1.29 is 20.1 Å². The molecular formula is C9H16O4. The average molecular weight is 188 g/mol. The van der Waals surface area contributed by atoms with E-state index < -0.39 is 11.6 Å². The lowest BCUT2D eigenvalue weighted by Crippen LogP contribution is -2.33. The van der Waals surface area contributed by atoms with Crippen LogP contribution in [0.15, 0.2) is 12.2 Å². The summed E-state index contributed by atoms with van der Waals surface area (Å²) in [5.74, 6) is -1.19. The average Bonchev–Trinajstić information content (AvgIpc) is 2.12. The van der Waals surface area contributed by atoms with Crippen molar-refractivity contribution >= 4 is 5.97 Å². The molecule has 0 amide bonds. The molecule has 0 aliphatic carbocycles. The molecule has 0 aromatic rings. The first kappa shape index (κ1) is 12.1. The molecule has 0 heterocycles. The Morgan fingerprint density at radius 1 is 1.54 bits per heavy atom. The Balaban J connectivity index is 4.43. The minimum Gasteiger partial charge on any atom is -0.478 e. The van der Waals surface area contributed by atoms with Gasteiger partial charge in [-0.2, -0.15) is 0 Å². The van der Waals surface area contributed by atoms with E-state index in [1.165, 1.54) is 0 Å². The minimum atomic E-state index is -1.38. The highest BCUT2D eigenvalue weighted by atomic mass is 16.4. The molecule has 3 N–H and O–H groups in total. The lowest BCUT2D eigenvalue weighted by atomic mass is 9.87. The van der Waals surface area contributed by atoms with E-state index in [1.807, 2.05) is 0 Å². The Labute approximate surface area is 77.5 Å². The number of aliphatic carboxylic acids is 1. The van der Waals surface area contributed by atoms with Gasteiger partial charge in [0.1, 0.15) is 0 Å². The van der Waals surface area contributed by atoms with E-state index in [0.717, 1.165) is 0 Å². The summed E-state index contributed by atoms with van der Waals surface area (Å²) in [5, 5.41) is 27.0. The highest BCUT2D eigenvalue weighted by Crippen LogP contribution is 2.25. The van der Waals surface area contributed by atoms with Crippen molar-refractivity contribution in [3.63, 3.8) is 0 Å². The van der Waals surface area contributed by atoms with Gasteiger partial charge in [-0.05, 0) is 19.3 Å². The van der Waals surface area contributed by atoms with Gasteiger partial charge in [-0.1, -0.05) is 13.5 Å². The molecule has 0 aliphatic rings. The largest absolute Gasteiger partial charge is 0.478 e. The van der Waals surface area contributed by atoms with Crippen LogP contribution in [0.5, 0.6) is 0 Å². The van der Waals surface area contributed by atoms with Crippen molar-refractivity contribution in [3.8, 4) is 0 Å². The third-order valence-corrected chi connectivity index (χ3v) is 2.15. The van der Waals surface area contributed by atoms with Crippen LogP contribution in [0.1, 0.15) is 26.2 Å². The summed E-state index contributed by atoms with van der Waals surface area (Å²) in [5.41, 5.74) is -1.59. The smallest absolute Gasteiger partial charge is 0.333 e. The summed E-state index contributed by atoms with van der Waals surface area (Å²) < 4.78 is 0. The van der Waals surface area contributed by atoms with Crippen LogP contribution >= 0.6 is 0 Å². The molecule has 1 unspecified atom stereocenters. The molecule has 0 saturated heterocycles. The Bertz CT molecular complexity index is 200. The molecule has 4 heteroatoms. The quantitative estimate of drug-likeness (QED) is 0.532. The predicted molar refractivity (Wildman–Crippen MR) is 48.3 cm³/mol. The van der Waals surface area contributed by atoms with Gasteiger partial charge in [0, 0.05) is 6.61 Å². The highest BCUT2D eigenvalue weighted by Gasteiger charge is 2.31. The molecule has 13 heavy (non-hydrogen) atoms. The van der Waals surface area contributed by atoms with Crippen molar-refractivity contribution in [2.75, 3.05) is 6.61 Å². The summed E-state index contributed by atoms with van der Waals surface area (Å²) >= 11 is 0. The summed E-state index contributed by atoms with van der Waals surface area (Å²) in [4.78, 5) is 10.5. The van der Waals surface area contributed by atoms with E-state index >= 15 is 0 Å². The summed E-state index contributed by atoms with van der Waals surface area (Å²) in [7, 11) is 0. The van der Waals surface area contributed by atoms with E-state index in [4.69, 9.17) is 10.2 Å². The molecule has 0 rings (SSSR count). The van der Waals surface area contributed by atoms with Gasteiger partial charge < -0.3 is 15.3 Å². The van der Waals surface area contributed by atoms with Crippen LogP contribution in [0.25, 0.3) is 0 Å². The number of aliphatic hydroxyl groups is 2. The Morgan fingerprint density at radius 2 is 2.08 bits per heavy atom. The molecule has 4 nitrogen and oxygen atoms in total. The van der Waals surface area contributed by atoms with Crippen LogP contribution in [0.2, 0.25) is 0 Å². The SMILES string of the molecule is C=C(C(=O)O)C(O)(CC)CCCO. The van der Waals surface area contributed by atoms with Gasteiger partial charge in [0.15, 0.2) is 0 Å². The Kier molecular flexibility index (Phi) is 4.66. The van der Waals surface area contributed by atoms with Gasteiger partial charge in [0.25, 0.3) is 0 Å². The van der Waals surface area contributed by atoms with Gasteiger partial charge in [0.2, 0.25) is 0 Å². The van der Waals surface area contributed by atoms with E-state index in [-0.39, 0.29) is 25.0 Å². The number of hydrogen-bond acceptors (Lipinski definition) is 3. The molecule has 76 valence electrons. The van der Waals surface area contributed by atoms with Gasteiger partial charge in [-0.3, -0.25) is 0 Å². The summed E-state index contributed by atoms with van der Waals surface area (Å²) in [6.07, 6.45) is 0.889. The first-order valence-corrected chi connectivity index (χ1v) is 4.24. The molecule has 0 aromatic heterocycles. The molecule has 0 spiro atoms. The first-order valence-electron chi connectivity index (χ1n) is 4.24. The first-order chi connectivity index (χ1) is 5.98. The maximum Gasteiger partial charge on any atom is 0.333 e. The van der Waals surface area contributed by atoms with E-state index in [1.54, 1.807) is 6.92 Å². The Morgan fingerprint density at radius 3 is 2.38 bits per heavy atom. The van der Waals surface area contributed by atoms with Crippen LogP contribution in [0, 0.1) is 0 Å². The number of rotatable bonds is 6. The van der Waals surface area contributed by atoms with Crippen LogP contribution in [-0.2, 0) is 4.79 Å². The summed E-state index contributed by atoms with van der Waals surface area (Å²) in [6, 6.07) is 0. The molecule has 0 aromatic carbocycles. The van der Waals surface area contributed by atoms with Crippen LogP contribution in [-0.4, -0.2) is 33.5 Å². The maximum absolute atomic E-state index is 10.5. The maximum atomic E-state index is 10.5. The zero-order valence-corrected chi connectivity index (χ0v) is 7.79. The molecule has 0 saturated carbocycles. The Hall–Kier alpha value is -0.870. The molecule has 0 bridgehead atoms. The third kappa shape index (κ3) is 3.16. The highest BCUT2D eigenvalue weighted by molar-refractivity contribution is 5.88. The summed E-state index contributed by atoms with van der Waals surface area (Å²) in [6.45, 7) is 4.94.